The predicted molar refractivity (Wildman–Crippen MR) is 49.5 cm³/mol. The zero-order chi connectivity index (χ0) is 9.19. The minimum Gasteiger partial charge on any atom is -0.363 e. The second kappa shape index (κ2) is 3.10. The molecule has 66 valence electrons. The van der Waals surface area contributed by atoms with Gasteiger partial charge in [0.05, 0.1) is 0 Å². The third kappa shape index (κ3) is 2.50. The molecule has 12 heavy (non-hydrogen) atoms. The van der Waals surface area contributed by atoms with Gasteiger partial charge in [0.25, 0.3) is 0 Å². The van der Waals surface area contributed by atoms with Crippen LogP contribution in [0.3, 0.4) is 0 Å². The van der Waals surface area contributed by atoms with E-state index in [4.69, 9.17) is 0 Å². The van der Waals surface area contributed by atoms with E-state index in [9.17, 15) is 4.79 Å². The van der Waals surface area contributed by atoms with Crippen molar-refractivity contribution in [2.24, 2.45) is 0 Å². The van der Waals surface area contributed by atoms with Crippen LogP contribution in [0.1, 0.15) is 0 Å². The molecular formula is C7H13N3OSi. The molecule has 0 fully saturated rings. The molecule has 0 saturated heterocycles. The van der Waals surface area contributed by atoms with Gasteiger partial charge in [-0.2, -0.15) is 9.78 Å². The summed E-state index contributed by atoms with van der Waals surface area (Å²) in [6, 6.07) is 1.59. The van der Waals surface area contributed by atoms with Gasteiger partial charge < -0.3 is 4.98 Å². The van der Waals surface area contributed by atoms with E-state index >= 15 is 0 Å². The maximum absolute atomic E-state index is 11.3. The summed E-state index contributed by atoms with van der Waals surface area (Å²) in [5.41, 5.74) is 0. The largest absolute Gasteiger partial charge is 0.363 e. The highest BCUT2D eigenvalue weighted by Crippen LogP contribution is 1.95. The van der Waals surface area contributed by atoms with Crippen molar-refractivity contribution in [3.63, 3.8) is 0 Å². The Hall–Kier alpha value is -1.10. The van der Waals surface area contributed by atoms with Crippen molar-refractivity contribution in [1.82, 2.24) is 14.8 Å². The number of hydrogen-bond donors (Lipinski definition) is 1. The van der Waals surface area contributed by atoms with Crippen LogP contribution < -0.4 is 4.98 Å². The van der Waals surface area contributed by atoms with Gasteiger partial charge >= 0.3 is 6.03 Å². The van der Waals surface area contributed by atoms with Crippen LogP contribution in [0.2, 0.25) is 19.6 Å². The Bertz CT molecular complexity index is 263. The summed E-state index contributed by atoms with van der Waals surface area (Å²) < 4.78 is 1.30. The molecule has 5 heteroatoms. The van der Waals surface area contributed by atoms with Gasteiger partial charge in [0.15, 0.2) is 0 Å². The Morgan fingerprint density at radius 3 is 2.58 bits per heavy atom. The Kier molecular flexibility index (Phi) is 2.32. The van der Waals surface area contributed by atoms with Gasteiger partial charge in [-0.3, -0.25) is 0 Å². The van der Waals surface area contributed by atoms with E-state index in [1.807, 2.05) is 0 Å². The van der Waals surface area contributed by atoms with Crippen LogP contribution in [-0.2, 0) is 0 Å². The molecule has 1 aromatic rings. The number of aromatic nitrogens is 2. The van der Waals surface area contributed by atoms with Gasteiger partial charge in [0.1, 0.15) is 8.24 Å². The van der Waals surface area contributed by atoms with E-state index < -0.39 is 8.24 Å². The molecule has 0 aromatic carbocycles. The van der Waals surface area contributed by atoms with Crippen molar-refractivity contribution in [3.05, 3.63) is 18.5 Å². The fourth-order valence-corrected chi connectivity index (χ4v) is 1.52. The first-order chi connectivity index (χ1) is 5.49. The summed E-state index contributed by atoms with van der Waals surface area (Å²) >= 11 is 0. The fraction of sp³-hybridized carbons (Fsp3) is 0.429. The molecule has 1 rings (SSSR count). The molecule has 0 radical (unpaired) electrons. The summed E-state index contributed by atoms with van der Waals surface area (Å²) in [7, 11) is -1.54. The first-order valence-corrected chi connectivity index (χ1v) is 7.31. The molecule has 1 heterocycles. The van der Waals surface area contributed by atoms with Crippen LogP contribution in [0.15, 0.2) is 18.5 Å². The highest BCUT2D eigenvalue weighted by molar-refractivity contribution is 6.75. The van der Waals surface area contributed by atoms with Crippen LogP contribution in [0.25, 0.3) is 0 Å². The van der Waals surface area contributed by atoms with Gasteiger partial charge in [-0.15, -0.1) is 0 Å². The molecule has 1 N–H and O–H groups in total. The molecule has 0 saturated carbocycles. The van der Waals surface area contributed by atoms with Gasteiger partial charge in [-0.25, -0.2) is 4.79 Å². The van der Waals surface area contributed by atoms with Crippen LogP contribution in [0.4, 0.5) is 4.79 Å². The fourth-order valence-electron chi connectivity index (χ4n) is 0.767. The first kappa shape index (κ1) is 8.99. The van der Waals surface area contributed by atoms with E-state index in [1.165, 1.54) is 4.68 Å². The van der Waals surface area contributed by atoms with Crippen molar-refractivity contribution in [3.8, 4) is 0 Å². The summed E-state index contributed by atoms with van der Waals surface area (Å²) in [5.74, 6) is 0. The Morgan fingerprint density at radius 1 is 1.50 bits per heavy atom. The molecule has 0 spiro atoms. The molecule has 0 aliphatic rings. The van der Waals surface area contributed by atoms with Crippen LogP contribution in [-0.4, -0.2) is 24.0 Å². The number of nitrogens with zero attached hydrogens (tertiary/aromatic N) is 2. The number of hydrogen-bond acceptors (Lipinski definition) is 2. The quantitative estimate of drug-likeness (QED) is 0.667. The molecule has 0 unspecified atom stereocenters. The normalized spacial score (nSPS) is 11.2. The summed E-state index contributed by atoms with van der Waals surface area (Å²) in [6.07, 6.45) is 3.22. The maximum atomic E-state index is 11.3. The lowest BCUT2D eigenvalue weighted by atomic mass is 10.7. The number of carbonyl (C=O) groups is 1. The Morgan fingerprint density at radius 2 is 2.17 bits per heavy atom. The molecule has 1 amide bonds. The van der Waals surface area contributed by atoms with E-state index in [-0.39, 0.29) is 6.03 Å². The molecule has 1 aromatic heterocycles. The van der Waals surface area contributed by atoms with E-state index in [2.05, 4.69) is 29.7 Å². The molecule has 0 aliphatic heterocycles. The van der Waals surface area contributed by atoms with Crippen molar-refractivity contribution in [2.45, 2.75) is 19.6 Å². The van der Waals surface area contributed by atoms with Gasteiger partial charge in [-0.1, -0.05) is 19.6 Å². The van der Waals surface area contributed by atoms with Crippen LogP contribution >= 0.6 is 0 Å². The smallest absolute Gasteiger partial charge is 0.334 e. The average molecular weight is 183 g/mol. The summed E-state index contributed by atoms with van der Waals surface area (Å²) in [4.78, 5) is 14.3. The van der Waals surface area contributed by atoms with Crippen molar-refractivity contribution in [2.75, 3.05) is 0 Å². The predicted octanol–water partition coefficient (Wildman–Crippen LogP) is 1.28. The van der Waals surface area contributed by atoms with E-state index in [0.29, 0.717) is 0 Å². The zero-order valence-electron chi connectivity index (χ0n) is 7.53. The molecule has 4 nitrogen and oxygen atoms in total. The topological polar surface area (TPSA) is 46.9 Å². The van der Waals surface area contributed by atoms with Gasteiger partial charge in [-0.05, 0) is 6.07 Å². The van der Waals surface area contributed by atoms with E-state index in [0.717, 1.165) is 0 Å². The zero-order valence-corrected chi connectivity index (χ0v) is 8.53. The van der Waals surface area contributed by atoms with Crippen LogP contribution in [0, 0.1) is 0 Å². The van der Waals surface area contributed by atoms with Crippen molar-refractivity contribution in [1.29, 1.82) is 0 Å². The van der Waals surface area contributed by atoms with Gasteiger partial charge in [0, 0.05) is 12.4 Å². The molecule has 0 atom stereocenters. The third-order valence-electron chi connectivity index (χ3n) is 1.19. The number of amides is 1. The summed E-state index contributed by atoms with van der Waals surface area (Å²) in [6.45, 7) is 6.19. The SMILES string of the molecule is C[Si](C)(C)NC(=O)n1cccn1. The molecular weight excluding hydrogens is 170 g/mol. The van der Waals surface area contributed by atoms with Gasteiger partial charge in [0.2, 0.25) is 0 Å². The summed E-state index contributed by atoms with van der Waals surface area (Å²) in [5, 5.41) is 3.83. The number of nitrogens with one attached hydrogen (secondary N) is 1. The number of rotatable bonds is 1. The monoisotopic (exact) mass is 183 g/mol. The van der Waals surface area contributed by atoms with Crippen molar-refractivity contribution >= 4 is 14.3 Å². The second-order valence-electron chi connectivity index (χ2n) is 3.63. The van der Waals surface area contributed by atoms with E-state index in [1.54, 1.807) is 18.5 Å². The highest BCUT2D eigenvalue weighted by Gasteiger charge is 2.17. The average Bonchev–Trinajstić information content (AvgIpc) is 2.32. The Labute approximate surface area is 72.7 Å². The first-order valence-electron chi connectivity index (χ1n) is 3.81. The highest BCUT2D eigenvalue weighted by atomic mass is 28.3. The lowest BCUT2D eigenvalue weighted by Gasteiger charge is -2.17. The second-order valence-corrected chi connectivity index (χ2v) is 8.38. The standard InChI is InChI=1S/C7H13N3OSi/c1-12(2,3)9-7(11)10-6-4-5-8-10/h4-6H,1-3H3,(H,9,11). The maximum Gasteiger partial charge on any atom is 0.334 e. The van der Waals surface area contributed by atoms with Crippen LogP contribution in [0.5, 0.6) is 0 Å². The number of carbonyl (C=O) groups excluding carboxylic acids is 1. The lowest BCUT2D eigenvalue weighted by Crippen LogP contribution is -2.47. The van der Waals surface area contributed by atoms with Crippen molar-refractivity contribution < 1.29 is 4.79 Å². The molecule has 0 bridgehead atoms. The Balaban J connectivity index is 2.63. The lowest BCUT2D eigenvalue weighted by molar-refractivity contribution is 0.244. The molecule has 0 aliphatic carbocycles. The third-order valence-corrected chi connectivity index (χ3v) is 2.16. The minimum atomic E-state index is -1.54. The minimum absolute atomic E-state index is 0.140.